The van der Waals surface area contributed by atoms with Crippen molar-refractivity contribution in [2.45, 2.75) is 32.1 Å². The summed E-state index contributed by atoms with van der Waals surface area (Å²) in [5.41, 5.74) is 0. The quantitative estimate of drug-likeness (QED) is 0.605. The second-order valence-electron chi connectivity index (χ2n) is 3.83. The predicted molar refractivity (Wildman–Crippen MR) is 54.9 cm³/mol. The van der Waals surface area contributed by atoms with E-state index in [2.05, 4.69) is 15.8 Å². The maximum Gasteiger partial charge on any atom is 0.0282 e. The van der Waals surface area contributed by atoms with E-state index >= 15 is 0 Å². The molecule has 1 heterocycles. The van der Waals surface area contributed by atoms with Crippen LogP contribution in [0, 0.1) is 5.92 Å². The molecule has 2 heteroatoms. The number of hydrogen-bond acceptors (Lipinski definition) is 2. The minimum atomic E-state index is 0.992. The minimum absolute atomic E-state index is 0.992. The molecule has 0 N–H and O–H groups in total. The Morgan fingerprint density at radius 3 is 2.75 bits per heavy atom. The summed E-state index contributed by atoms with van der Waals surface area (Å²) in [6, 6.07) is 0. The lowest BCUT2D eigenvalue weighted by Crippen LogP contribution is -2.23. The molecular weight excluding hydrogens is 166 g/mol. The first-order valence-electron chi connectivity index (χ1n) is 5.02. The van der Waals surface area contributed by atoms with E-state index in [1.165, 1.54) is 45.2 Å². The van der Waals surface area contributed by atoms with Gasteiger partial charge in [-0.05, 0) is 24.2 Å². The first-order valence-corrected chi connectivity index (χ1v) is 5.85. The number of hydrogen-bond donors (Lipinski definition) is 0. The molecule has 1 nitrogen and oxygen atoms in total. The van der Waals surface area contributed by atoms with Crippen molar-refractivity contribution in [1.29, 1.82) is 0 Å². The van der Waals surface area contributed by atoms with Gasteiger partial charge >= 0.3 is 0 Å². The zero-order valence-electron chi connectivity index (χ0n) is 7.54. The van der Waals surface area contributed by atoms with Crippen molar-refractivity contribution in [3.63, 3.8) is 0 Å². The summed E-state index contributed by atoms with van der Waals surface area (Å²) in [5, 5.41) is 2.21. The molecular formula is C10H17NS. The van der Waals surface area contributed by atoms with Gasteiger partial charge in [0.25, 0.3) is 0 Å². The summed E-state index contributed by atoms with van der Waals surface area (Å²) in [7, 11) is 0. The predicted octanol–water partition coefficient (Wildman–Crippen LogP) is 3.04. The number of rotatable bonds is 2. The lowest BCUT2D eigenvalue weighted by atomic mass is 9.89. The lowest BCUT2D eigenvalue weighted by Gasteiger charge is -2.25. The summed E-state index contributed by atoms with van der Waals surface area (Å²) in [5.74, 6) is 0.992. The molecule has 0 aromatic heterocycles. The molecule has 0 spiro atoms. The molecule has 0 radical (unpaired) electrons. The summed E-state index contributed by atoms with van der Waals surface area (Å²) < 4.78 is 2.48. The van der Waals surface area contributed by atoms with Crippen LogP contribution < -0.4 is 0 Å². The second-order valence-corrected chi connectivity index (χ2v) is 4.83. The lowest BCUT2D eigenvalue weighted by molar-refractivity contribution is 0.304. The molecule has 2 rings (SSSR count). The Kier molecular flexibility index (Phi) is 3.12. The first-order chi connectivity index (χ1) is 5.95. The smallest absolute Gasteiger partial charge is 0.0282 e. The van der Waals surface area contributed by atoms with Crippen molar-refractivity contribution in [2.75, 3.05) is 13.1 Å². The largest absolute Gasteiger partial charge is 0.243 e. The van der Waals surface area contributed by atoms with Crippen molar-refractivity contribution < 1.29 is 0 Å². The van der Waals surface area contributed by atoms with Crippen molar-refractivity contribution >= 4 is 11.9 Å². The third-order valence-corrected chi connectivity index (χ3v) is 3.71. The standard InChI is InChI=1S/C10H17NS/c1-2-5-10(6-3-1)9-11-7-4-8-12-11/h4,8,10H,1-3,5-7,9H2. The number of nitrogens with zero attached hydrogens (tertiary/aromatic N) is 1. The molecule has 2 aliphatic rings. The van der Waals surface area contributed by atoms with Crippen LogP contribution in [0.25, 0.3) is 0 Å². The molecule has 0 atom stereocenters. The Morgan fingerprint density at radius 2 is 2.08 bits per heavy atom. The fourth-order valence-electron chi connectivity index (χ4n) is 2.11. The molecule has 1 fully saturated rings. The molecule has 1 aliphatic heterocycles. The average Bonchev–Trinajstić information content (AvgIpc) is 2.59. The highest BCUT2D eigenvalue weighted by Crippen LogP contribution is 2.28. The van der Waals surface area contributed by atoms with Gasteiger partial charge in [-0.2, -0.15) is 0 Å². The van der Waals surface area contributed by atoms with E-state index < -0.39 is 0 Å². The zero-order valence-corrected chi connectivity index (χ0v) is 8.35. The van der Waals surface area contributed by atoms with E-state index in [1.807, 2.05) is 11.9 Å². The maximum absolute atomic E-state index is 2.48. The van der Waals surface area contributed by atoms with Crippen LogP contribution in [0.2, 0.25) is 0 Å². The minimum Gasteiger partial charge on any atom is -0.243 e. The van der Waals surface area contributed by atoms with E-state index in [4.69, 9.17) is 0 Å². The molecule has 0 aromatic rings. The van der Waals surface area contributed by atoms with Gasteiger partial charge in [0.2, 0.25) is 0 Å². The fourth-order valence-corrected chi connectivity index (χ4v) is 2.92. The van der Waals surface area contributed by atoms with Gasteiger partial charge in [-0.25, -0.2) is 4.31 Å². The topological polar surface area (TPSA) is 3.24 Å². The molecule has 0 unspecified atom stereocenters. The van der Waals surface area contributed by atoms with Crippen LogP contribution in [0.3, 0.4) is 0 Å². The summed E-state index contributed by atoms with van der Waals surface area (Å²) in [4.78, 5) is 0. The van der Waals surface area contributed by atoms with E-state index in [1.54, 1.807) is 0 Å². The monoisotopic (exact) mass is 183 g/mol. The van der Waals surface area contributed by atoms with Crippen LogP contribution in [-0.2, 0) is 0 Å². The van der Waals surface area contributed by atoms with Gasteiger partial charge < -0.3 is 0 Å². The van der Waals surface area contributed by atoms with Crippen LogP contribution in [0.4, 0.5) is 0 Å². The van der Waals surface area contributed by atoms with Crippen molar-refractivity contribution in [3.05, 3.63) is 11.5 Å². The van der Waals surface area contributed by atoms with Gasteiger partial charge in [0.15, 0.2) is 0 Å². The first kappa shape index (κ1) is 8.64. The summed E-state index contributed by atoms with van der Waals surface area (Å²) in [6.07, 6.45) is 9.61. The van der Waals surface area contributed by atoms with Gasteiger partial charge in [0.05, 0.1) is 0 Å². The summed E-state index contributed by atoms with van der Waals surface area (Å²) in [6.45, 7) is 2.48. The van der Waals surface area contributed by atoms with E-state index in [-0.39, 0.29) is 0 Å². The zero-order chi connectivity index (χ0) is 8.23. The van der Waals surface area contributed by atoms with Gasteiger partial charge in [-0.3, -0.25) is 0 Å². The van der Waals surface area contributed by atoms with E-state index in [0.29, 0.717) is 0 Å². The van der Waals surface area contributed by atoms with Crippen LogP contribution >= 0.6 is 11.9 Å². The Morgan fingerprint density at radius 1 is 1.25 bits per heavy atom. The van der Waals surface area contributed by atoms with Crippen LogP contribution in [0.5, 0.6) is 0 Å². The molecule has 68 valence electrons. The van der Waals surface area contributed by atoms with Crippen LogP contribution in [0.15, 0.2) is 11.5 Å². The van der Waals surface area contributed by atoms with Crippen LogP contribution in [-0.4, -0.2) is 17.4 Å². The van der Waals surface area contributed by atoms with E-state index in [0.717, 1.165) is 5.92 Å². The molecule has 0 amide bonds. The van der Waals surface area contributed by atoms with Crippen molar-refractivity contribution in [2.24, 2.45) is 5.92 Å². The molecule has 1 saturated carbocycles. The van der Waals surface area contributed by atoms with Crippen LogP contribution in [0.1, 0.15) is 32.1 Å². The second kappa shape index (κ2) is 4.33. The molecule has 0 bridgehead atoms. The van der Waals surface area contributed by atoms with Crippen molar-refractivity contribution in [3.8, 4) is 0 Å². The average molecular weight is 183 g/mol. The van der Waals surface area contributed by atoms with Gasteiger partial charge in [-0.1, -0.05) is 37.3 Å². The Balaban J connectivity index is 1.70. The SMILES string of the molecule is C1=CSN(CC2CCCCC2)C1. The third kappa shape index (κ3) is 2.27. The molecule has 1 aliphatic carbocycles. The Labute approximate surface area is 79.3 Å². The van der Waals surface area contributed by atoms with Gasteiger partial charge in [0, 0.05) is 13.1 Å². The normalized spacial score (nSPS) is 26.7. The Hall–Kier alpha value is 0.0500. The highest BCUT2D eigenvalue weighted by Gasteiger charge is 2.17. The maximum atomic E-state index is 2.48. The molecule has 12 heavy (non-hydrogen) atoms. The third-order valence-electron chi connectivity index (χ3n) is 2.80. The van der Waals surface area contributed by atoms with E-state index in [9.17, 15) is 0 Å². The summed E-state index contributed by atoms with van der Waals surface area (Å²) >= 11 is 1.89. The highest BCUT2D eigenvalue weighted by molar-refractivity contribution is 8.00. The van der Waals surface area contributed by atoms with Gasteiger partial charge in [-0.15, -0.1) is 0 Å². The van der Waals surface area contributed by atoms with Crippen molar-refractivity contribution in [1.82, 2.24) is 4.31 Å². The van der Waals surface area contributed by atoms with Gasteiger partial charge in [0.1, 0.15) is 0 Å². The fraction of sp³-hybridized carbons (Fsp3) is 0.800. The Bertz CT molecular complexity index is 153. The molecule has 0 saturated heterocycles. The molecule has 0 aromatic carbocycles. The highest BCUT2D eigenvalue weighted by atomic mass is 32.2.